The lowest BCUT2D eigenvalue weighted by atomic mass is 10.1. The number of hydrogen-bond acceptors (Lipinski definition) is 3. The van der Waals surface area contributed by atoms with Crippen molar-refractivity contribution in [1.82, 2.24) is 0 Å². The summed E-state index contributed by atoms with van der Waals surface area (Å²) in [7, 11) is 0. The van der Waals surface area contributed by atoms with Crippen molar-refractivity contribution in [2.24, 2.45) is 0 Å². The molecular weight excluding hydrogens is 362 g/mol. The van der Waals surface area contributed by atoms with Crippen LogP contribution in [0.1, 0.15) is 27.0 Å². The molecule has 3 rings (SSSR count). The second kappa shape index (κ2) is 8.60. The van der Waals surface area contributed by atoms with E-state index in [4.69, 9.17) is 21.4 Å². The average molecular weight is 382 g/mol. The summed E-state index contributed by atoms with van der Waals surface area (Å²) >= 11 is 6.17. The highest BCUT2D eigenvalue weighted by molar-refractivity contribution is 6.31. The molecule has 0 saturated heterocycles. The van der Waals surface area contributed by atoms with Crippen LogP contribution in [0.25, 0.3) is 0 Å². The number of carbonyl (C=O) groups is 1. The largest absolute Gasteiger partial charge is 0.489 e. The minimum absolute atomic E-state index is 0.264. The fraction of sp³-hybridized carbons (Fsp3) is 0.136. The van der Waals surface area contributed by atoms with Gasteiger partial charge in [-0.1, -0.05) is 48.0 Å². The number of rotatable bonds is 7. The minimum Gasteiger partial charge on any atom is -0.489 e. The third-order valence-electron chi connectivity index (χ3n) is 4.30. The highest BCUT2D eigenvalue weighted by Gasteiger charge is 2.07. The van der Waals surface area contributed by atoms with E-state index in [2.05, 4.69) is 5.32 Å². The number of para-hydroxylation sites is 1. The Morgan fingerprint density at radius 3 is 2.52 bits per heavy atom. The van der Waals surface area contributed by atoms with Crippen LogP contribution in [0.2, 0.25) is 5.02 Å². The van der Waals surface area contributed by atoms with Crippen molar-refractivity contribution in [3.05, 3.63) is 94.0 Å². The lowest BCUT2D eigenvalue weighted by molar-refractivity contribution is 0.0697. The van der Waals surface area contributed by atoms with E-state index in [-0.39, 0.29) is 5.56 Å². The smallest absolute Gasteiger partial charge is 0.335 e. The predicted octanol–water partition coefficient (Wildman–Crippen LogP) is 5.54. The fourth-order valence-corrected chi connectivity index (χ4v) is 2.86. The number of nitrogens with one attached hydrogen (secondary N) is 1. The Bertz CT molecular complexity index is 939. The maximum absolute atomic E-state index is 10.9. The molecule has 5 heteroatoms. The summed E-state index contributed by atoms with van der Waals surface area (Å²) < 4.78 is 5.95. The number of halogens is 1. The molecule has 0 unspecified atom stereocenters. The van der Waals surface area contributed by atoms with Crippen LogP contribution in [-0.4, -0.2) is 11.1 Å². The van der Waals surface area contributed by atoms with E-state index >= 15 is 0 Å². The number of carboxylic acids is 1. The number of aromatic carboxylic acids is 1. The Morgan fingerprint density at radius 2 is 1.78 bits per heavy atom. The zero-order valence-corrected chi connectivity index (χ0v) is 15.7. The zero-order chi connectivity index (χ0) is 19.2. The van der Waals surface area contributed by atoms with Crippen molar-refractivity contribution in [2.45, 2.75) is 20.1 Å². The van der Waals surface area contributed by atoms with Crippen LogP contribution in [-0.2, 0) is 13.2 Å². The minimum atomic E-state index is -0.935. The normalized spacial score (nSPS) is 10.4. The first-order valence-corrected chi connectivity index (χ1v) is 8.94. The van der Waals surface area contributed by atoms with Gasteiger partial charge in [-0.2, -0.15) is 0 Å². The molecule has 0 aliphatic heterocycles. The van der Waals surface area contributed by atoms with E-state index in [1.165, 1.54) is 0 Å². The van der Waals surface area contributed by atoms with Gasteiger partial charge in [-0.15, -0.1) is 0 Å². The van der Waals surface area contributed by atoms with Gasteiger partial charge in [0.2, 0.25) is 0 Å². The molecule has 0 fully saturated rings. The van der Waals surface area contributed by atoms with Crippen LogP contribution in [0, 0.1) is 6.92 Å². The lowest BCUT2D eigenvalue weighted by Gasteiger charge is -2.14. The number of anilines is 1. The summed E-state index contributed by atoms with van der Waals surface area (Å²) in [5.41, 5.74) is 4.20. The molecule has 3 aromatic rings. The van der Waals surface area contributed by atoms with Gasteiger partial charge >= 0.3 is 5.97 Å². The Balaban J connectivity index is 1.66. The van der Waals surface area contributed by atoms with Crippen molar-refractivity contribution < 1.29 is 14.6 Å². The van der Waals surface area contributed by atoms with Gasteiger partial charge in [-0.05, 0) is 48.4 Å². The molecule has 0 aliphatic rings. The molecule has 0 bridgehead atoms. The highest BCUT2D eigenvalue weighted by atomic mass is 35.5. The van der Waals surface area contributed by atoms with Crippen molar-refractivity contribution in [3.63, 3.8) is 0 Å². The molecule has 0 aromatic heterocycles. The molecule has 0 amide bonds. The molecule has 138 valence electrons. The summed E-state index contributed by atoms with van der Waals surface area (Å²) in [4.78, 5) is 10.9. The van der Waals surface area contributed by atoms with E-state index in [0.29, 0.717) is 13.2 Å². The van der Waals surface area contributed by atoms with Crippen LogP contribution in [0.5, 0.6) is 5.75 Å². The van der Waals surface area contributed by atoms with E-state index in [0.717, 1.165) is 33.1 Å². The third kappa shape index (κ3) is 4.80. The Hall–Kier alpha value is -2.98. The van der Waals surface area contributed by atoms with Crippen LogP contribution >= 0.6 is 11.6 Å². The first kappa shape index (κ1) is 18.8. The Morgan fingerprint density at radius 1 is 1.04 bits per heavy atom. The SMILES string of the molecule is Cc1c(Cl)cccc1NCc1ccccc1OCc1ccc(C(=O)O)cc1. The molecule has 0 spiro atoms. The standard InChI is InChI=1S/C22H20ClNO3/c1-15-19(23)6-4-7-20(15)24-13-18-5-2-3-8-21(18)27-14-16-9-11-17(12-10-16)22(25)26/h2-12,24H,13-14H2,1H3,(H,25,26). The highest BCUT2D eigenvalue weighted by Crippen LogP contribution is 2.25. The van der Waals surface area contributed by atoms with Gasteiger partial charge in [0.15, 0.2) is 0 Å². The van der Waals surface area contributed by atoms with Gasteiger partial charge in [0, 0.05) is 22.8 Å². The van der Waals surface area contributed by atoms with E-state index in [1.54, 1.807) is 24.3 Å². The predicted molar refractivity (Wildman–Crippen MR) is 108 cm³/mol. The second-order valence-corrected chi connectivity index (χ2v) is 6.57. The van der Waals surface area contributed by atoms with Crippen LogP contribution in [0.3, 0.4) is 0 Å². The average Bonchev–Trinajstić information content (AvgIpc) is 2.68. The van der Waals surface area contributed by atoms with Gasteiger partial charge in [0.25, 0.3) is 0 Å². The van der Waals surface area contributed by atoms with Gasteiger partial charge in [-0.3, -0.25) is 0 Å². The zero-order valence-electron chi connectivity index (χ0n) is 14.9. The Labute approximate surface area is 163 Å². The number of benzene rings is 3. The Kier molecular flexibility index (Phi) is 5.99. The first-order chi connectivity index (χ1) is 13.0. The molecule has 0 atom stereocenters. The van der Waals surface area contributed by atoms with E-state index in [9.17, 15) is 4.79 Å². The van der Waals surface area contributed by atoms with E-state index in [1.807, 2.05) is 49.4 Å². The number of ether oxygens (including phenoxy) is 1. The summed E-state index contributed by atoms with van der Waals surface area (Å²) in [5.74, 6) is -0.151. The summed E-state index contributed by atoms with van der Waals surface area (Å²) in [6, 6.07) is 20.3. The molecule has 4 nitrogen and oxygen atoms in total. The van der Waals surface area contributed by atoms with Gasteiger partial charge < -0.3 is 15.2 Å². The number of hydrogen-bond donors (Lipinski definition) is 2. The monoisotopic (exact) mass is 381 g/mol. The van der Waals surface area contributed by atoms with E-state index < -0.39 is 5.97 Å². The third-order valence-corrected chi connectivity index (χ3v) is 4.71. The molecular formula is C22H20ClNO3. The van der Waals surface area contributed by atoms with Crippen LogP contribution in [0.15, 0.2) is 66.7 Å². The quantitative estimate of drug-likeness (QED) is 0.564. The second-order valence-electron chi connectivity index (χ2n) is 6.16. The maximum Gasteiger partial charge on any atom is 0.335 e. The van der Waals surface area contributed by atoms with Crippen molar-refractivity contribution in [2.75, 3.05) is 5.32 Å². The maximum atomic E-state index is 10.9. The topological polar surface area (TPSA) is 58.6 Å². The van der Waals surface area contributed by atoms with Gasteiger partial charge in [0.05, 0.1) is 5.56 Å². The number of carboxylic acid groups (broad SMARTS) is 1. The molecule has 3 aromatic carbocycles. The summed E-state index contributed by atoms with van der Waals surface area (Å²) in [5, 5.41) is 13.1. The van der Waals surface area contributed by atoms with Crippen molar-refractivity contribution in [1.29, 1.82) is 0 Å². The summed E-state index contributed by atoms with van der Waals surface area (Å²) in [6.07, 6.45) is 0. The molecule has 2 N–H and O–H groups in total. The van der Waals surface area contributed by atoms with Gasteiger partial charge in [-0.25, -0.2) is 4.79 Å². The first-order valence-electron chi connectivity index (χ1n) is 8.56. The molecule has 0 radical (unpaired) electrons. The lowest BCUT2D eigenvalue weighted by Crippen LogP contribution is -2.05. The van der Waals surface area contributed by atoms with Crippen LogP contribution < -0.4 is 10.1 Å². The van der Waals surface area contributed by atoms with Crippen molar-refractivity contribution in [3.8, 4) is 5.75 Å². The van der Waals surface area contributed by atoms with Gasteiger partial charge in [0.1, 0.15) is 12.4 Å². The summed E-state index contributed by atoms with van der Waals surface area (Å²) in [6.45, 7) is 2.95. The molecule has 0 aliphatic carbocycles. The van der Waals surface area contributed by atoms with Crippen LogP contribution in [0.4, 0.5) is 5.69 Å². The fourth-order valence-electron chi connectivity index (χ4n) is 2.68. The van der Waals surface area contributed by atoms with Crippen molar-refractivity contribution >= 4 is 23.3 Å². The molecule has 0 saturated carbocycles. The molecule has 0 heterocycles. The molecule has 27 heavy (non-hydrogen) atoms.